The van der Waals surface area contributed by atoms with Gasteiger partial charge in [0.05, 0.1) is 18.5 Å². The second kappa shape index (κ2) is 11.2. The third kappa shape index (κ3) is 5.98. The Morgan fingerprint density at radius 3 is 2.33 bits per heavy atom. The molecule has 0 aliphatic carbocycles. The van der Waals surface area contributed by atoms with Gasteiger partial charge in [0.2, 0.25) is 11.8 Å². The zero-order valence-electron chi connectivity index (χ0n) is 19.7. The second-order valence-electron chi connectivity index (χ2n) is 8.50. The van der Waals surface area contributed by atoms with Gasteiger partial charge in [-0.05, 0) is 53.9 Å². The van der Waals surface area contributed by atoms with Crippen LogP contribution < -0.4 is 9.64 Å². The van der Waals surface area contributed by atoms with Crippen LogP contribution in [-0.2, 0) is 32.0 Å². The number of amides is 3. The highest BCUT2D eigenvalue weighted by Crippen LogP contribution is 2.28. The lowest BCUT2D eigenvalue weighted by Crippen LogP contribution is -2.47. The van der Waals surface area contributed by atoms with Crippen molar-refractivity contribution in [3.05, 3.63) is 95.0 Å². The number of rotatable bonds is 8. The molecular weight excluding hydrogens is 480 g/mol. The summed E-state index contributed by atoms with van der Waals surface area (Å²) >= 11 is 6.11. The van der Waals surface area contributed by atoms with Crippen molar-refractivity contribution in [2.75, 3.05) is 11.4 Å². The molecule has 0 N–H and O–H groups in total. The van der Waals surface area contributed by atoms with Crippen LogP contribution in [0.15, 0.2) is 78.9 Å². The van der Waals surface area contributed by atoms with E-state index < -0.39 is 23.8 Å². The zero-order chi connectivity index (χ0) is 25.7. The van der Waals surface area contributed by atoms with Crippen molar-refractivity contribution in [2.45, 2.75) is 32.2 Å². The van der Waals surface area contributed by atoms with E-state index in [2.05, 4.69) is 0 Å². The lowest BCUT2D eigenvalue weighted by Gasteiger charge is -2.28. The number of esters is 1. The van der Waals surface area contributed by atoms with Crippen LogP contribution in [0.5, 0.6) is 5.75 Å². The number of hydrogen-bond donors (Lipinski definition) is 0. The van der Waals surface area contributed by atoms with E-state index >= 15 is 0 Å². The van der Waals surface area contributed by atoms with Crippen LogP contribution in [-0.4, -0.2) is 41.2 Å². The van der Waals surface area contributed by atoms with Crippen LogP contribution in [0.25, 0.3) is 0 Å². The number of benzene rings is 3. The molecule has 7 nitrogen and oxygen atoms in total. The maximum Gasteiger partial charge on any atom is 0.308 e. The Labute approximate surface area is 214 Å². The summed E-state index contributed by atoms with van der Waals surface area (Å²) in [5.41, 5.74) is 2.10. The molecule has 1 fully saturated rings. The smallest absolute Gasteiger partial charge is 0.308 e. The number of carbonyl (C=O) groups is 4. The fraction of sp³-hybridized carbons (Fsp3) is 0.214. The Kier molecular flexibility index (Phi) is 7.80. The summed E-state index contributed by atoms with van der Waals surface area (Å²) in [6.07, 6.45) is 0.488. The van der Waals surface area contributed by atoms with E-state index in [1.807, 2.05) is 48.5 Å². The van der Waals surface area contributed by atoms with Gasteiger partial charge in [-0.2, -0.15) is 0 Å². The molecule has 0 bridgehead atoms. The van der Waals surface area contributed by atoms with Crippen LogP contribution in [0.2, 0.25) is 5.02 Å². The van der Waals surface area contributed by atoms with Crippen molar-refractivity contribution in [3.8, 4) is 5.75 Å². The lowest BCUT2D eigenvalue weighted by atomic mass is 10.1. The van der Waals surface area contributed by atoms with Gasteiger partial charge < -0.3 is 9.64 Å². The molecule has 3 amide bonds. The molecule has 0 aromatic heterocycles. The minimum Gasteiger partial charge on any atom is -0.427 e. The topological polar surface area (TPSA) is 84.0 Å². The normalized spacial score (nSPS) is 15.2. The van der Waals surface area contributed by atoms with Gasteiger partial charge in [0.1, 0.15) is 11.8 Å². The van der Waals surface area contributed by atoms with E-state index in [0.717, 1.165) is 16.0 Å². The van der Waals surface area contributed by atoms with E-state index in [1.54, 1.807) is 18.2 Å². The average Bonchev–Trinajstić information content (AvgIpc) is 3.13. The first-order valence-electron chi connectivity index (χ1n) is 11.5. The molecular formula is C28H25ClN2O5. The summed E-state index contributed by atoms with van der Waals surface area (Å²) < 4.78 is 5.03. The van der Waals surface area contributed by atoms with Crippen molar-refractivity contribution < 1.29 is 23.9 Å². The monoisotopic (exact) mass is 504 g/mol. The number of halogens is 1. The molecule has 1 saturated heterocycles. The largest absolute Gasteiger partial charge is 0.427 e. The van der Waals surface area contributed by atoms with Gasteiger partial charge in [-0.25, -0.2) is 4.90 Å². The van der Waals surface area contributed by atoms with Crippen molar-refractivity contribution in [2.24, 2.45) is 0 Å². The van der Waals surface area contributed by atoms with E-state index in [0.29, 0.717) is 22.9 Å². The van der Waals surface area contributed by atoms with Gasteiger partial charge >= 0.3 is 5.97 Å². The Balaban J connectivity index is 1.56. The first kappa shape index (κ1) is 25.1. The molecule has 1 heterocycles. The summed E-state index contributed by atoms with van der Waals surface area (Å²) in [6, 6.07) is 21.8. The molecule has 1 unspecified atom stereocenters. The van der Waals surface area contributed by atoms with Crippen molar-refractivity contribution >= 4 is 41.0 Å². The molecule has 1 aliphatic rings. The molecule has 184 valence electrons. The maximum absolute atomic E-state index is 13.4. The first-order chi connectivity index (χ1) is 17.3. The fourth-order valence-electron chi connectivity index (χ4n) is 4.23. The van der Waals surface area contributed by atoms with Gasteiger partial charge in [-0.15, -0.1) is 0 Å². The first-order valence-corrected chi connectivity index (χ1v) is 11.9. The van der Waals surface area contributed by atoms with Crippen LogP contribution in [0.1, 0.15) is 24.5 Å². The van der Waals surface area contributed by atoms with Gasteiger partial charge in [-0.3, -0.25) is 19.2 Å². The fourth-order valence-corrected chi connectivity index (χ4v) is 4.44. The average molecular weight is 505 g/mol. The van der Waals surface area contributed by atoms with Crippen LogP contribution in [0.4, 0.5) is 5.69 Å². The quantitative estimate of drug-likeness (QED) is 0.261. The highest BCUT2D eigenvalue weighted by atomic mass is 35.5. The minimum absolute atomic E-state index is 0.111. The van der Waals surface area contributed by atoms with Crippen molar-refractivity contribution in [1.29, 1.82) is 0 Å². The molecule has 36 heavy (non-hydrogen) atoms. The van der Waals surface area contributed by atoms with E-state index in [1.165, 1.54) is 24.0 Å². The molecule has 0 radical (unpaired) electrons. The molecule has 1 aliphatic heterocycles. The van der Waals surface area contributed by atoms with E-state index in [4.69, 9.17) is 16.3 Å². The third-order valence-corrected chi connectivity index (χ3v) is 6.14. The van der Waals surface area contributed by atoms with Gasteiger partial charge in [-0.1, -0.05) is 54.1 Å². The van der Waals surface area contributed by atoms with E-state index in [-0.39, 0.29) is 25.3 Å². The molecule has 0 spiro atoms. The maximum atomic E-state index is 13.4. The summed E-state index contributed by atoms with van der Waals surface area (Å²) in [4.78, 5) is 53.5. The molecule has 3 aromatic carbocycles. The Bertz CT molecular complexity index is 1280. The second-order valence-corrected chi connectivity index (χ2v) is 8.94. The highest BCUT2D eigenvalue weighted by Gasteiger charge is 2.44. The predicted molar refractivity (Wildman–Crippen MR) is 136 cm³/mol. The van der Waals surface area contributed by atoms with Crippen LogP contribution in [0.3, 0.4) is 0 Å². The van der Waals surface area contributed by atoms with Gasteiger partial charge in [0, 0.05) is 18.5 Å². The summed E-state index contributed by atoms with van der Waals surface area (Å²) in [6.45, 7) is 1.55. The number of ether oxygens (including phenoxy) is 1. The summed E-state index contributed by atoms with van der Waals surface area (Å²) in [7, 11) is 0. The van der Waals surface area contributed by atoms with Crippen molar-refractivity contribution in [3.63, 3.8) is 0 Å². The number of imide groups is 1. The number of hydrogen-bond acceptors (Lipinski definition) is 5. The number of carbonyl (C=O) groups excluding carboxylic acids is 4. The molecule has 0 saturated carbocycles. The Morgan fingerprint density at radius 2 is 1.67 bits per heavy atom. The Hall–Kier alpha value is -3.97. The highest BCUT2D eigenvalue weighted by molar-refractivity contribution is 6.30. The molecule has 8 heteroatoms. The SMILES string of the molecule is CC(=O)Oc1ccc(N2C(=O)CC(N(CCc3cccc(Cl)c3)C(=O)Cc3ccccc3)C2=O)cc1. The molecule has 1 atom stereocenters. The lowest BCUT2D eigenvalue weighted by molar-refractivity contribution is -0.137. The molecule has 3 aromatic rings. The number of nitrogens with zero attached hydrogens (tertiary/aromatic N) is 2. The predicted octanol–water partition coefficient (Wildman–Crippen LogP) is 4.21. The Morgan fingerprint density at radius 1 is 0.972 bits per heavy atom. The molecule has 4 rings (SSSR count). The summed E-state index contributed by atoms with van der Waals surface area (Å²) in [5.74, 6) is -1.26. The van der Waals surface area contributed by atoms with Gasteiger partial charge in [0.25, 0.3) is 5.91 Å². The van der Waals surface area contributed by atoms with Crippen molar-refractivity contribution in [1.82, 2.24) is 4.90 Å². The van der Waals surface area contributed by atoms with E-state index in [9.17, 15) is 19.2 Å². The summed E-state index contributed by atoms with van der Waals surface area (Å²) in [5, 5.41) is 0.588. The zero-order valence-corrected chi connectivity index (χ0v) is 20.5. The van der Waals surface area contributed by atoms with Gasteiger partial charge in [0.15, 0.2) is 0 Å². The standard InChI is InChI=1S/C28H25ClN2O5/c1-19(32)36-24-12-10-23(11-13-24)31-27(34)18-25(28(31)35)30(15-14-21-8-5-9-22(29)16-21)26(33)17-20-6-3-2-4-7-20/h2-13,16,25H,14-15,17-18H2,1H3. The minimum atomic E-state index is -0.916. The third-order valence-electron chi connectivity index (χ3n) is 5.90. The van der Waals surface area contributed by atoms with Crippen LogP contribution >= 0.6 is 11.6 Å². The number of anilines is 1. The van der Waals surface area contributed by atoms with Crippen LogP contribution in [0, 0.1) is 0 Å².